The summed E-state index contributed by atoms with van der Waals surface area (Å²) >= 11 is 0. The van der Waals surface area contributed by atoms with Crippen molar-refractivity contribution in [1.29, 1.82) is 0 Å². The zero-order valence-corrected chi connectivity index (χ0v) is 13.1. The topological polar surface area (TPSA) is 24.5 Å². The Morgan fingerprint density at radius 2 is 2.10 bits per heavy atom. The van der Waals surface area contributed by atoms with E-state index in [4.69, 9.17) is 4.74 Å². The molecule has 2 rings (SSSR count). The summed E-state index contributed by atoms with van der Waals surface area (Å²) in [6, 6.07) is 7.09. The molecule has 0 spiro atoms. The van der Waals surface area contributed by atoms with E-state index in [1.165, 1.54) is 12.1 Å². The van der Waals surface area contributed by atoms with E-state index in [1.807, 2.05) is 12.1 Å². The van der Waals surface area contributed by atoms with Crippen molar-refractivity contribution >= 4 is 0 Å². The quantitative estimate of drug-likeness (QED) is 0.836. The molecule has 3 nitrogen and oxygen atoms in total. The van der Waals surface area contributed by atoms with E-state index in [0.717, 1.165) is 51.2 Å². The third-order valence-electron chi connectivity index (χ3n) is 4.10. The Balaban J connectivity index is 2.00. The molecule has 1 fully saturated rings. The molecule has 0 amide bonds. The van der Waals surface area contributed by atoms with Crippen molar-refractivity contribution in [2.24, 2.45) is 0 Å². The van der Waals surface area contributed by atoms with Gasteiger partial charge in [-0.1, -0.05) is 26.0 Å². The maximum absolute atomic E-state index is 13.0. The predicted molar refractivity (Wildman–Crippen MR) is 84.0 cm³/mol. The van der Waals surface area contributed by atoms with Crippen molar-refractivity contribution in [3.8, 4) is 0 Å². The van der Waals surface area contributed by atoms with E-state index in [9.17, 15) is 4.39 Å². The molecule has 1 aromatic rings. The number of hydrogen-bond acceptors (Lipinski definition) is 3. The van der Waals surface area contributed by atoms with Crippen LogP contribution in [0.15, 0.2) is 24.3 Å². The van der Waals surface area contributed by atoms with Crippen molar-refractivity contribution in [3.05, 3.63) is 35.6 Å². The molecule has 0 aromatic heterocycles. The van der Waals surface area contributed by atoms with E-state index in [1.54, 1.807) is 0 Å². The van der Waals surface area contributed by atoms with Crippen LogP contribution in [0, 0.1) is 5.82 Å². The Labute approximate surface area is 127 Å². The molecule has 118 valence electrons. The van der Waals surface area contributed by atoms with Gasteiger partial charge in [0.25, 0.3) is 0 Å². The summed E-state index contributed by atoms with van der Waals surface area (Å²) in [5, 5.41) is 3.60. The zero-order valence-electron chi connectivity index (χ0n) is 13.1. The van der Waals surface area contributed by atoms with E-state index in [2.05, 4.69) is 24.1 Å². The molecule has 1 aliphatic rings. The molecular formula is C17H27FN2O. The van der Waals surface area contributed by atoms with E-state index in [0.29, 0.717) is 0 Å². The molecule has 2 unspecified atom stereocenters. The van der Waals surface area contributed by atoms with E-state index < -0.39 is 0 Å². The summed E-state index contributed by atoms with van der Waals surface area (Å²) in [7, 11) is 0. The monoisotopic (exact) mass is 294 g/mol. The lowest BCUT2D eigenvalue weighted by molar-refractivity contribution is -0.0447. The van der Waals surface area contributed by atoms with Gasteiger partial charge in [-0.15, -0.1) is 0 Å². The first kappa shape index (κ1) is 16.4. The molecule has 2 atom stereocenters. The summed E-state index contributed by atoms with van der Waals surface area (Å²) in [4.78, 5) is 2.43. The number of rotatable bonds is 7. The fourth-order valence-corrected chi connectivity index (χ4v) is 2.80. The number of ether oxygens (including phenoxy) is 1. The number of nitrogens with one attached hydrogen (secondary N) is 1. The largest absolute Gasteiger partial charge is 0.374 e. The zero-order chi connectivity index (χ0) is 15.1. The summed E-state index contributed by atoms with van der Waals surface area (Å²) in [5.74, 6) is -0.178. The van der Waals surface area contributed by atoms with Crippen LogP contribution in [-0.2, 0) is 11.2 Å². The number of nitrogens with zero attached hydrogens (tertiary/aromatic N) is 1. The SMILES string of the molecule is CCCNC(Cc1ccc(F)cc1)C1CN(CC)CCO1. The third kappa shape index (κ3) is 5.06. The van der Waals surface area contributed by atoms with E-state index in [-0.39, 0.29) is 18.0 Å². The van der Waals surface area contributed by atoms with Crippen molar-refractivity contribution < 1.29 is 9.13 Å². The molecule has 1 heterocycles. The average molecular weight is 294 g/mol. The van der Waals surface area contributed by atoms with Crippen LogP contribution < -0.4 is 5.32 Å². The first-order valence-corrected chi connectivity index (χ1v) is 8.04. The molecule has 0 aliphatic carbocycles. The molecule has 1 aromatic carbocycles. The number of benzene rings is 1. The van der Waals surface area contributed by atoms with Crippen molar-refractivity contribution in [2.75, 3.05) is 32.8 Å². The highest BCUT2D eigenvalue weighted by Crippen LogP contribution is 2.14. The molecule has 0 radical (unpaired) electrons. The minimum Gasteiger partial charge on any atom is -0.374 e. The lowest BCUT2D eigenvalue weighted by Gasteiger charge is -2.37. The maximum atomic E-state index is 13.0. The van der Waals surface area contributed by atoms with Gasteiger partial charge in [0.2, 0.25) is 0 Å². The minimum atomic E-state index is -0.178. The first-order chi connectivity index (χ1) is 10.2. The average Bonchev–Trinajstić information content (AvgIpc) is 2.53. The van der Waals surface area contributed by atoms with Crippen LogP contribution in [0.2, 0.25) is 0 Å². The fourth-order valence-electron chi connectivity index (χ4n) is 2.80. The molecule has 0 saturated carbocycles. The van der Waals surface area contributed by atoms with Gasteiger partial charge in [-0.3, -0.25) is 4.90 Å². The Morgan fingerprint density at radius 3 is 2.76 bits per heavy atom. The van der Waals surface area contributed by atoms with Crippen molar-refractivity contribution in [2.45, 2.75) is 38.8 Å². The second kappa shape index (κ2) is 8.47. The van der Waals surface area contributed by atoms with Gasteiger partial charge in [0.1, 0.15) is 5.82 Å². The standard InChI is InChI=1S/C17H27FN2O/c1-3-9-19-16(12-14-5-7-15(18)8-6-14)17-13-20(4-2)10-11-21-17/h5-8,16-17,19H,3-4,9-13H2,1-2H3. The lowest BCUT2D eigenvalue weighted by atomic mass is 9.99. The van der Waals surface area contributed by atoms with Crippen LogP contribution in [0.5, 0.6) is 0 Å². The second-order valence-electron chi connectivity index (χ2n) is 5.69. The van der Waals surface area contributed by atoms with Crippen LogP contribution in [0.4, 0.5) is 4.39 Å². The Morgan fingerprint density at radius 1 is 1.33 bits per heavy atom. The van der Waals surface area contributed by atoms with Gasteiger partial charge in [0, 0.05) is 19.1 Å². The highest BCUT2D eigenvalue weighted by Gasteiger charge is 2.27. The van der Waals surface area contributed by atoms with Crippen LogP contribution in [0.3, 0.4) is 0 Å². The summed E-state index contributed by atoms with van der Waals surface area (Å²) in [6.07, 6.45) is 2.18. The molecule has 1 aliphatic heterocycles. The fraction of sp³-hybridized carbons (Fsp3) is 0.647. The van der Waals surface area contributed by atoms with Crippen LogP contribution in [0.25, 0.3) is 0 Å². The number of halogens is 1. The highest BCUT2D eigenvalue weighted by molar-refractivity contribution is 5.17. The van der Waals surface area contributed by atoms with Gasteiger partial charge in [0.15, 0.2) is 0 Å². The molecule has 0 bridgehead atoms. The molecule has 1 N–H and O–H groups in total. The smallest absolute Gasteiger partial charge is 0.123 e. The molecule has 4 heteroatoms. The van der Waals surface area contributed by atoms with E-state index >= 15 is 0 Å². The van der Waals surface area contributed by atoms with Gasteiger partial charge in [-0.2, -0.15) is 0 Å². The molecular weight excluding hydrogens is 267 g/mol. The number of likely N-dealkylation sites (N-methyl/N-ethyl adjacent to an activating group) is 1. The predicted octanol–water partition coefficient (Wildman–Crippen LogP) is 2.46. The normalized spacial score (nSPS) is 21.4. The third-order valence-corrected chi connectivity index (χ3v) is 4.10. The molecule has 1 saturated heterocycles. The van der Waals surface area contributed by atoms with Gasteiger partial charge >= 0.3 is 0 Å². The Hall–Kier alpha value is -0.970. The maximum Gasteiger partial charge on any atom is 0.123 e. The summed E-state index contributed by atoms with van der Waals surface area (Å²) < 4.78 is 19.0. The summed E-state index contributed by atoms with van der Waals surface area (Å²) in [5.41, 5.74) is 1.15. The van der Waals surface area contributed by atoms with Crippen molar-refractivity contribution in [3.63, 3.8) is 0 Å². The second-order valence-corrected chi connectivity index (χ2v) is 5.69. The number of morpholine rings is 1. The number of hydrogen-bond donors (Lipinski definition) is 1. The van der Waals surface area contributed by atoms with Gasteiger partial charge in [-0.25, -0.2) is 4.39 Å². The highest BCUT2D eigenvalue weighted by atomic mass is 19.1. The van der Waals surface area contributed by atoms with Crippen LogP contribution in [-0.4, -0.2) is 49.8 Å². The van der Waals surface area contributed by atoms with Crippen molar-refractivity contribution in [1.82, 2.24) is 10.2 Å². The van der Waals surface area contributed by atoms with Crippen LogP contribution >= 0.6 is 0 Å². The van der Waals surface area contributed by atoms with Crippen LogP contribution in [0.1, 0.15) is 25.8 Å². The summed E-state index contributed by atoms with van der Waals surface area (Å²) in [6.45, 7) is 9.20. The molecule has 21 heavy (non-hydrogen) atoms. The Kier molecular flexibility index (Phi) is 6.61. The first-order valence-electron chi connectivity index (χ1n) is 8.04. The van der Waals surface area contributed by atoms with Gasteiger partial charge in [0.05, 0.1) is 12.7 Å². The van der Waals surface area contributed by atoms with Gasteiger partial charge in [-0.05, 0) is 43.6 Å². The minimum absolute atomic E-state index is 0.178. The lowest BCUT2D eigenvalue weighted by Crippen LogP contribution is -2.53. The Bertz CT molecular complexity index is 410. The van der Waals surface area contributed by atoms with Gasteiger partial charge < -0.3 is 10.1 Å².